The molecule has 0 spiro atoms. The lowest BCUT2D eigenvalue weighted by Gasteiger charge is -2.29. The first-order valence-corrected chi connectivity index (χ1v) is 8.79. The van der Waals surface area contributed by atoms with Gasteiger partial charge in [0.1, 0.15) is 0 Å². The molecule has 24 heavy (non-hydrogen) atoms. The number of hydrogen-bond acceptors (Lipinski definition) is 3. The van der Waals surface area contributed by atoms with Crippen LogP contribution >= 0.6 is 0 Å². The molecule has 2 aromatic rings. The molecule has 0 bridgehead atoms. The maximum Gasteiger partial charge on any atom is 0.347 e. The van der Waals surface area contributed by atoms with Crippen molar-refractivity contribution in [3.8, 4) is 11.8 Å². The van der Waals surface area contributed by atoms with Gasteiger partial charge in [0, 0.05) is 38.7 Å². The molecular formula is C19H25N3O2. The monoisotopic (exact) mass is 327 g/mol. The van der Waals surface area contributed by atoms with Crippen molar-refractivity contribution >= 4 is 11.0 Å². The maximum absolute atomic E-state index is 12.7. The van der Waals surface area contributed by atoms with Crippen molar-refractivity contribution in [3.05, 3.63) is 34.2 Å². The van der Waals surface area contributed by atoms with Crippen molar-refractivity contribution in [2.45, 2.75) is 38.5 Å². The Morgan fingerprint density at radius 2 is 1.92 bits per heavy atom. The number of fused-ring (bicyclic) bond motifs is 1. The molecule has 1 aliphatic rings. The summed E-state index contributed by atoms with van der Waals surface area (Å²) in [4.78, 5) is 12.7. The van der Waals surface area contributed by atoms with Crippen LogP contribution in [-0.2, 0) is 7.05 Å². The quantitative estimate of drug-likeness (QED) is 0.690. The Labute approximate surface area is 142 Å². The normalized spacial score (nSPS) is 14.7. The van der Waals surface area contributed by atoms with Crippen molar-refractivity contribution in [2.75, 3.05) is 24.7 Å². The van der Waals surface area contributed by atoms with E-state index in [1.165, 1.54) is 6.42 Å². The van der Waals surface area contributed by atoms with Crippen LogP contribution < -0.4 is 10.7 Å². The molecule has 0 radical (unpaired) electrons. The zero-order valence-corrected chi connectivity index (χ0v) is 14.3. The average Bonchev–Trinajstić information content (AvgIpc) is 2.86. The molecule has 0 unspecified atom stereocenters. The molecule has 128 valence electrons. The Kier molecular flexibility index (Phi) is 5.27. The predicted molar refractivity (Wildman–Crippen MR) is 96.8 cm³/mol. The van der Waals surface area contributed by atoms with Gasteiger partial charge in [-0.25, -0.2) is 9.47 Å². The molecule has 0 amide bonds. The fourth-order valence-corrected chi connectivity index (χ4v) is 3.24. The van der Waals surface area contributed by atoms with Crippen LogP contribution in [0.2, 0.25) is 0 Å². The van der Waals surface area contributed by atoms with E-state index in [9.17, 15) is 4.79 Å². The number of aliphatic hydroxyl groups is 1. The van der Waals surface area contributed by atoms with Gasteiger partial charge in [-0.2, -0.15) is 0 Å². The van der Waals surface area contributed by atoms with E-state index >= 15 is 0 Å². The third-order valence-electron chi connectivity index (χ3n) is 4.59. The molecule has 0 saturated carbocycles. The molecule has 5 heteroatoms. The summed E-state index contributed by atoms with van der Waals surface area (Å²) in [5.74, 6) is 6.30. The molecule has 1 aliphatic heterocycles. The third kappa shape index (κ3) is 3.34. The van der Waals surface area contributed by atoms with Crippen molar-refractivity contribution in [1.82, 2.24) is 9.24 Å². The van der Waals surface area contributed by atoms with Crippen LogP contribution in [-0.4, -0.2) is 34.0 Å². The summed E-state index contributed by atoms with van der Waals surface area (Å²) in [6, 6.07) is 5.99. The second-order valence-electron chi connectivity index (χ2n) is 6.35. The summed E-state index contributed by atoms with van der Waals surface area (Å²) in [5.41, 5.74) is 2.82. The SMILES string of the molecule is Cn1c(=O)n(N2CCCCC2)c2ccc(C#CCCCCO)cc21. The van der Waals surface area contributed by atoms with Crippen LogP contribution in [0.4, 0.5) is 0 Å². The van der Waals surface area contributed by atoms with Gasteiger partial charge in [-0.05, 0) is 50.3 Å². The van der Waals surface area contributed by atoms with E-state index < -0.39 is 0 Å². The highest BCUT2D eigenvalue weighted by atomic mass is 16.2. The first-order chi connectivity index (χ1) is 11.7. The van der Waals surface area contributed by atoms with E-state index in [0.29, 0.717) is 0 Å². The molecular weight excluding hydrogens is 302 g/mol. The number of benzene rings is 1. The van der Waals surface area contributed by atoms with Gasteiger partial charge >= 0.3 is 5.69 Å². The minimum absolute atomic E-state index is 0.0138. The largest absolute Gasteiger partial charge is 0.396 e. The number of aliphatic hydroxyl groups excluding tert-OH is 1. The summed E-state index contributed by atoms with van der Waals surface area (Å²) in [6.07, 6.45) is 6.01. The maximum atomic E-state index is 12.7. The molecule has 5 nitrogen and oxygen atoms in total. The van der Waals surface area contributed by atoms with Gasteiger partial charge in [0.25, 0.3) is 0 Å². The van der Waals surface area contributed by atoms with E-state index in [1.54, 1.807) is 4.57 Å². The summed E-state index contributed by atoms with van der Waals surface area (Å²) < 4.78 is 3.54. The van der Waals surface area contributed by atoms with Gasteiger partial charge in [0.15, 0.2) is 0 Å². The molecule has 1 fully saturated rings. The van der Waals surface area contributed by atoms with Gasteiger partial charge < -0.3 is 10.1 Å². The average molecular weight is 327 g/mol. The van der Waals surface area contributed by atoms with E-state index in [4.69, 9.17) is 5.11 Å². The van der Waals surface area contributed by atoms with Crippen LogP contribution in [0.1, 0.15) is 44.1 Å². The Morgan fingerprint density at radius 1 is 1.12 bits per heavy atom. The van der Waals surface area contributed by atoms with Crippen LogP contribution in [0, 0.1) is 11.8 Å². The second-order valence-corrected chi connectivity index (χ2v) is 6.35. The topological polar surface area (TPSA) is 50.4 Å². The number of imidazole rings is 1. The third-order valence-corrected chi connectivity index (χ3v) is 4.59. The minimum Gasteiger partial charge on any atom is -0.396 e. The predicted octanol–water partition coefficient (Wildman–Crippen LogP) is 1.98. The highest BCUT2D eigenvalue weighted by Gasteiger charge is 2.18. The van der Waals surface area contributed by atoms with Gasteiger partial charge in [-0.15, -0.1) is 0 Å². The molecule has 3 rings (SSSR count). The van der Waals surface area contributed by atoms with Crippen molar-refractivity contribution in [2.24, 2.45) is 7.05 Å². The smallest absolute Gasteiger partial charge is 0.347 e. The van der Waals surface area contributed by atoms with E-state index in [-0.39, 0.29) is 12.3 Å². The molecule has 1 aromatic heterocycles. The van der Waals surface area contributed by atoms with E-state index in [2.05, 4.69) is 16.8 Å². The van der Waals surface area contributed by atoms with Crippen LogP contribution in [0.3, 0.4) is 0 Å². The van der Waals surface area contributed by atoms with Gasteiger partial charge in [-0.1, -0.05) is 11.8 Å². The Hall–Kier alpha value is -2.19. The van der Waals surface area contributed by atoms with Crippen LogP contribution in [0.25, 0.3) is 11.0 Å². The van der Waals surface area contributed by atoms with Crippen molar-refractivity contribution in [1.29, 1.82) is 0 Å². The fourth-order valence-electron chi connectivity index (χ4n) is 3.24. The molecule has 1 saturated heterocycles. The van der Waals surface area contributed by atoms with Gasteiger partial charge in [0.05, 0.1) is 11.0 Å². The lowest BCUT2D eigenvalue weighted by atomic mass is 10.1. The lowest BCUT2D eigenvalue weighted by molar-refractivity contribution is 0.285. The van der Waals surface area contributed by atoms with Gasteiger partial charge in [-0.3, -0.25) is 4.57 Å². The summed E-state index contributed by atoms with van der Waals surface area (Å²) in [6.45, 7) is 2.09. The number of aromatic nitrogens is 2. The van der Waals surface area contributed by atoms with E-state index in [0.717, 1.165) is 61.8 Å². The molecule has 2 heterocycles. The second kappa shape index (κ2) is 7.59. The van der Waals surface area contributed by atoms with Gasteiger partial charge in [0.2, 0.25) is 0 Å². The number of hydrogen-bond donors (Lipinski definition) is 1. The Morgan fingerprint density at radius 3 is 2.67 bits per heavy atom. The standard InChI is InChI=1S/C19H25N3O2/c1-20-18-15-16(9-5-2-3-8-14-23)10-11-17(18)22(19(20)24)21-12-6-4-7-13-21/h10-11,15,23H,2-4,6-8,12-14H2,1H3. The summed E-state index contributed by atoms with van der Waals surface area (Å²) in [7, 11) is 1.82. The first kappa shape index (κ1) is 16.7. The highest BCUT2D eigenvalue weighted by Crippen LogP contribution is 2.17. The summed E-state index contributed by atoms with van der Waals surface area (Å²) >= 11 is 0. The van der Waals surface area contributed by atoms with Crippen LogP contribution in [0.15, 0.2) is 23.0 Å². The first-order valence-electron chi connectivity index (χ1n) is 8.79. The lowest BCUT2D eigenvalue weighted by Crippen LogP contribution is -2.45. The molecule has 0 aliphatic carbocycles. The molecule has 1 aromatic carbocycles. The number of aryl methyl sites for hydroxylation is 1. The Bertz CT molecular complexity index is 817. The highest BCUT2D eigenvalue weighted by molar-refractivity contribution is 5.78. The van der Waals surface area contributed by atoms with Crippen LogP contribution in [0.5, 0.6) is 0 Å². The zero-order chi connectivity index (χ0) is 16.9. The molecule has 0 atom stereocenters. The zero-order valence-electron chi connectivity index (χ0n) is 14.3. The number of nitrogens with zero attached hydrogens (tertiary/aromatic N) is 3. The number of unbranched alkanes of at least 4 members (excludes halogenated alkanes) is 2. The molecule has 1 N–H and O–H groups in total. The minimum atomic E-state index is 0.0138. The van der Waals surface area contributed by atoms with Crippen molar-refractivity contribution < 1.29 is 5.11 Å². The fraction of sp³-hybridized carbons (Fsp3) is 0.526. The van der Waals surface area contributed by atoms with E-state index in [1.807, 2.05) is 29.9 Å². The number of rotatable bonds is 4. The van der Waals surface area contributed by atoms with Crippen molar-refractivity contribution in [3.63, 3.8) is 0 Å². The Balaban J connectivity index is 1.90. The summed E-state index contributed by atoms with van der Waals surface area (Å²) in [5, 5.41) is 10.9. The number of piperidine rings is 1.